The molecular weight excluding hydrogens is 290 g/mol. The molecule has 1 aromatic heterocycles. The monoisotopic (exact) mass is 315 g/mol. The van der Waals surface area contributed by atoms with Gasteiger partial charge in [0.15, 0.2) is 0 Å². The Morgan fingerprint density at radius 1 is 1.23 bits per heavy atom. The highest BCUT2D eigenvalue weighted by Crippen LogP contribution is 2.34. The number of fused-ring (bicyclic) bond motifs is 1. The molecule has 0 aliphatic carbocycles. The standard InChI is InChI=1S/C19H25NOS/c1-4-7-16-15-8-5-6-9-17(15)22-18(16)19(21)20-11-13(2)10-14(3)12-20/h5-6,8-9,13-14H,4,7,10-12H2,1-3H3. The Kier molecular flexibility index (Phi) is 4.53. The second-order valence-corrected chi connectivity index (χ2v) is 7.86. The van der Waals surface area contributed by atoms with Gasteiger partial charge < -0.3 is 4.90 Å². The van der Waals surface area contributed by atoms with E-state index in [1.54, 1.807) is 11.3 Å². The molecule has 2 nitrogen and oxygen atoms in total. The molecular formula is C19H25NOS. The van der Waals surface area contributed by atoms with E-state index >= 15 is 0 Å². The zero-order chi connectivity index (χ0) is 15.7. The van der Waals surface area contributed by atoms with E-state index in [0.29, 0.717) is 11.8 Å². The molecule has 1 aliphatic rings. The lowest BCUT2D eigenvalue weighted by molar-refractivity contribution is 0.0627. The second kappa shape index (κ2) is 6.41. The van der Waals surface area contributed by atoms with Crippen molar-refractivity contribution in [3.8, 4) is 0 Å². The van der Waals surface area contributed by atoms with E-state index in [1.807, 2.05) is 0 Å². The Morgan fingerprint density at radius 2 is 1.91 bits per heavy atom. The van der Waals surface area contributed by atoms with Crippen molar-refractivity contribution in [2.45, 2.75) is 40.0 Å². The number of carbonyl (C=O) groups excluding carboxylic acids is 1. The Bertz CT molecular complexity index is 665. The summed E-state index contributed by atoms with van der Waals surface area (Å²) in [6.07, 6.45) is 3.30. The van der Waals surface area contributed by atoms with Crippen LogP contribution in [0.2, 0.25) is 0 Å². The molecule has 0 spiro atoms. The molecule has 0 N–H and O–H groups in total. The molecule has 1 aliphatic heterocycles. The van der Waals surface area contributed by atoms with Crippen LogP contribution in [0.5, 0.6) is 0 Å². The van der Waals surface area contributed by atoms with Crippen LogP contribution in [0.3, 0.4) is 0 Å². The van der Waals surface area contributed by atoms with E-state index in [-0.39, 0.29) is 5.91 Å². The smallest absolute Gasteiger partial charge is 0.264 e. The van der Waals surface area contributed by atoms with Crippen LogP contribution in [-0.4, -0.2) is 23.9 Å². The van der Waals surface area contributed by atoms with Crippen molar-refractivity contribution in [1.29, 1.82) is 0 Å². The average molecular weight is 315 g/mol. The molecule has 1 aromatic carbocycles. The summed E-state index contributed by atoms with van der Waals surface area (Å²) in [5.41, 5.74) is 1.26. The largest absolute Gasteiger partial charge is 0.337 e. The minimum Gasteiger partial charge on any atom is -0.337 e. The van der Waals surface area contributed by atoms with Crippen LogP contribution in [-0.2, 0) is 6.42 Å². The zero-order valence-corrected chi connectivity index (χ0v) is 14.6. The first-order valence-corrected chi connectivity index (χ1v) is 9.21. The lowest BCUT2D eigenvalue weighted by Crippen LogP contribution is -2.42. The third-order valence-corrected chi connectivity index (χ3v) is 5.75. The third-order valence-electron chi connectivity index (χ3n) is 4.55. The van der Waals surface area contributed by atoms with Crippen molar-refractivity contribution in [3.05, 3.63) is 34.7 Å². The Hall–Kier alpha value is -1.35. The van der Waals surface area contributed by atoms with Gasteiger partial charge in [0.05, 0.1) is 4.88 Å². The second-order valence-electron chi connectivity index (χ2n) is 6.81. The first kappa shape index (κ1) is 15.5. The van der Waals surface area contributed by atoms with Gasteiger partial charge in [0.25, 0.3) is 5.91 Å². The molecule has 1 fully saturated rings. The van der Waals surface area contributed by atoms with Crippen molar-refractivity contribution in [3.63, 3.8) is 0 Å². The third kappa shape index (κ3) is 2.91. The highest BCUT2D eigenvalue weighted by atomic mass is 32.1. The van der Waals surface area contributed by atoms with Crippen molar-refractivity contribution in [2.24, 2.45) is 11.8 Å². The van der Waals surface area contributed by atoms with Gasteiger partial charge in [-0.15, -0.1) is 11.3 Å². The number of benzene rings is 1. The Morgan fingerprint density at radius 3 is 2.59 bits per heavy atom. The normalized spacial score (nSPS) is 22.2. The van der Waals surface area contributed by atoms with Crippen LogP contribution < -0.4 is 0 Å². The van der Waals surface area contributed by atoms with Crippen LogP contribution >= 0.6 is 11.3 Å². The van der Waals surface area contributed by atoms with Gasteiger partial charge in [-0.3, -0.25) is 4.79 Å². The number of hydrogen-bond donors (Lipinski definition) is 0. The summed E-state index contributed by atoms with van der Waals surface area (Å²) in [5, 5.41) is 1.27. The molecule has 3 heteroatoms. The number of hydrogen-bond acceptors (Lipinski definition) is 2. The van der Waals surface area contributed by atoms with E-state index in [1.165, 1.54) is 22.1 Å². The Balaban J connectivity index is 1.97. The highest BCUT2D eigenvalue weighted by Gasteiger charge is 2.28. The molecule has 118 valence electrons. The first-order chi connectivity index (χ1) is 10.6. The van der Waals surface area contributed by atoms with Crippen LogP contribution in [0.4, 0.5) is 0 Å². The van der Waals surface area contributed by atoms with E-state index in [0.717, 1.165) is 30.8 Å². The number of amides is 1. The number of aryl methyl sites for hydroxylation is 1. The fourth-order valence-corrected chi connectivity index (χ4v) is 4.96. The SMILES string of the molecule is CCCc1c(C(=O)N2CC(C)CC(C)C2)sc2ccccc12. The predicted octanol–water partition coefficient (Wildman–Crippen LogP) is 4.97. The van der Waals surface area contributed by atoms with Crippen LogP contribution in [0, 0.1) is 11.8 Å². The highest BCUT2D eigenvalue weighted by molar-refractivity contribution is 7.21. The lowest BCUT2D eigenvalue weighted by atomic mass is 9.91. The van der Waals surface area contributed by atoms with Gasteiger partial charge in [0.2, 0.25) is 0 Å². The molecule has 2 heterocycles. The van der Waals surface area contributed by atoms with Gasteiger partial charge in [0.1, 0.15) is 0 Å². The molecule has 2 aromatic rings. The maximum atomic E-state index is 13.1. The van der Waals surface area contributed by atoms with Crippen LogP contribution in [0.1, 0.15) is 48.8 Å². The fraction of sp³-hybridized carbons (Fsp3) is 0.526. The van der Waals surface area contributed by atoms with E-state index in [9.17, 15) is 4.79 Å². The summed E-state index contributed by atoms with van der Waals surface area (Å²) in [5.74, 6) is 1.47. The minimum absolute atomic E-state index is 0.253. The summed E-state index contributed by atoms with van der Waals surface area (Å²) in [6, 6.07) is 8.44. The van der Waals surface area contributed by atoms with Gasteiger partial charge in [-0.25, -0.2) is 0 Å². The van der Waals surface area contributed by atoms with Crippen molar-refractivity contribution in [2.75, 3.05) is 13.1 Å². The molecule has 1 saturated heterocycles. The summed E-state index contributed by atoms with van der Waals surface area (Å²) in [7, 11) is 0. The molecule has 3 rings (SSSR count). The summed E-state index contributed by atoms with van der Waals surface area (Å²) in [6.45, 7) is 8.51. The maximum Gasteiger partial charge on any atom is 0.264 e. The summed E-state index contributed by atoms with van der Waals surface area (Å²) in [4.78, 5) is 16.2. The zero-order valence-electron chi connectivity index (χ0n) is 13.8. The molecule has 22 heavy (non-hydrogen) atoms. The van der Waals surface area contributed by atoms with Crippen LogP contribution in [0.15, 0.2) is 24.3 Å². The molecule has 0 saturated carbocycles. The Labute approximate surface area is 137 Å². The molecule has 1 amide bonds. The van der Waals surface area contributed by atoms with Gasteiger partial charge in [-0.05, 0) is 41.7 Å². The van der Waals surface area contributed by atoms with Gasteiger partial charge in [-0.2, -0.15) is 0 Å². The molecule has 0 bridgehead atoms. The molecule has 0 radical (unpaired) electrons. The number of piperidine rings is 1. The van der Waals surface area contributed by atoms with Crippen LogP contribution in [0.25, 0.3) is 10.1 Å². The maximum absolute atomic E-state index is 13.1. The van der Waals surface area contributed by atoms with Gasteiger partial charge in [-0.1, -0.05) is 45.4 Å². The quantitative estimate of drug-likeness (QED) is 0.783. The minimum atomic E-state index is 0.253. The molecule has 2 atom stereocenters. The number of rotatable bonds is 3. The summed E-state index contributed by atoms with van der Waals surface area (Å²) < 4.78 is 1.24. The van der Waals surface area contributed by atoms with Crippen molar-refractivity contribution < 1.29 is 4.79 Å². The lowest BCUT2D eigenvalue weighted by Gasteiger charge is -2.35. The van der Waals surface area contributed by atoms with Gasteiger partial charge >= 0.3 is 0 Å². The van der Waals surface area contributed by atoms with Gasteiger partial charge in [0, 0.05) is 17.8 Å². The number of carbonyl (C=O) groups is 1. The topological polar surface area (TPSA) is 20.3 Å². The van der Waals surface area contributed by atoms with E-state index in [2.05, 4.69) is 49.9 Å². The van der Waals surface area contributed by atoms with Crippen molar-refractivity contribution >= 4 is 27.3 Å². The fourth-order valence-electron chi connectivity index (χ4n) is 3.74. The number of nitrogens with zero attached hydrogens (tertiary/aromatic N) is 1. The first-order valence-electron chi connectivity index (χ1n) is 8.39. The number of thiophene rings is 1. The van der Waals surface area contributed by atoms with E-state index in [4.69, 9.17) is 0 Å². The predicted molar refractivity (Wildman–Crippen MR) is 94.7 cm³/mol. The number of likely N-dealkylation sites (tertiary alicyclic amines) is 1. The molecule has 2 unspecified atom stereocenters. The summed E-state index contributed by atoms with van der Waals surface area (Å²) >= 11 is 1.68. The van der Waals surface area contributed by atoms with Crippen molar-refractivity contribution in [1.82, 2.24) is 4.90 Å². The van der Waals surface area contributed by atoms with E-state index < -0.39 is 0 Å². The average Bonchev–Trinajstić information content (AvgIpc) is 2.85.